The summed E-state index contributed by atoms with van der Waals surface area (Å²) in [6.07, 6.45) is 0.148. The summed E-state index contributed by atoms with van der Waals surface area (Å²) < 4.78 is 0. The first-order chi connectivity index (χ1) is 11.1. The fourth-order valence-corrected chi connectivity index (χ4v) is 2.85. The molecule has 0 spiro atoms. The van der Waals surface area contributed by atoms with E-state index < -0.39 is 6.04 Å². The lowest BCUT2D eigenvalue weighted by atomic mass is 10.2. The van der Waals surface area contributed by atoms with Crippen molar-refractivity contribution >= 4 is 40.7 Å². The molecule has 0 radical (unpaired) electrons. The van der Waals surface area contributed by atoms with Crippen molar-refractivity contribution in [2.24, 2.45) is 0 Å². The minimum Gasteiger partial charge on any atom is -0.301 e. The van der Waals surface area contributed by atoms with Gasteiger partial charge in [-0.2, -0.15) is 0 Å². The van der Waals surface area contributed by atoms with Gasteiger partial charge in [-0.05, 0) is 29.8 Å². The van der Waals surface area contributed by atoms with Gasteiger partial charge in [0, 0.05) is 6.54 Å². The minimum absolute atomic E-state index is 0.148. The van der Waals surface area contributed by atoms with Gasteiger partial charge < -0.3 is 5.32 Å². The fourth-order valence-electron chi connectivity index (χ4n) is 2.53. The predicted molar refractivity (Wildman–Crippen MR) is 90.6 cm³/mol. The molecule has 1 N–H and O–H groups in total. The number of hydrogen-bond acceptors (Lipinski definition) is 3. The van der Waals surface area contributed by atoms with Gasteiger partial charge in [0.1, 0.15) is 0 Å². The maximum absolute atomic E-state index is 12.5. The Balaban J connectivity index is 1.69. The van der Waals surface area contributed by atoms with Gasteiger partial charge in [0.05, 0.1) is 28.2 Å². The second kappa shape index (κ2) is 6.71. The van der Waals surface area contributed by atoms with Gasteiger partial charge in [0.2, 0.25) is 5.91 Å². The molecule has 1 heterocycles. The van der Waals surface area contributed by atoms with E-state index in [9.17, 15) is 9.59 Å². The topological polar surface area (TPSA) is 49.4 Å². The van der Waals surface area contributed by atoms with Crippen LogP contribution in [0.3, 0.4) is 0 Å². The zero-order chi connectivity index (χ0) is 16.4. The summed E-state index contributed by atoms with van der Waals surface area (Å²) in [6.45, 7) is 0.434. The molecule has 23 heavy (non-hydrogen) atoms. The number of hydrogen-bond donors (Lipinski definition) is 1. The number of rotatable bonds is 4. The Kier molecular flexibility index (Phi) is 4.66. The van der Waals surface area contributed by atoms with Crippen LogP contribution in [0.25, 0.3) is 0 Å². The molecule has 1 aliphatic heterocycles. The fraction of sp³-hybridized carbons (Fsp3) is 0.176. The molecule has 3 rings (SSSR count). The number of nitrogens with zero attached hydrogens (tertiary/aromatic N) is 1. The Labute approximate surface area is 144 Å². The first-order valence-corrected chi connectivity index (χ1v) is 7.91. The number of imide groups is 1. The normalized spacial score (nSPS) is 17.8. The molecule has 1 aliphatic rings. The highest BCUT2D eigenvalue weighted by Crippen LogP contribution is 2.24. The molecular formula is C17H14Cl2N2O2. The lowest BCUT2D eigenvalue weighted by Crippen LogP contribution is -2.38. The third-order valence-corrected chi connectivity index (χ3v) is 4.44. The first kappa shape index (κ1) is 16.0. The van der Waals surface area contributed by atoms with Crippen molar-refractivity contribution in [1.29, 1.82) is 0 Å². The molecule has 6 heteroatoms. The smallest absolute Gasteiger partial charge is 0.251 e. The van der Waals surface area contributed by atoms with E-state index in [-0.39, 0.29) is 18.2 Å². The molecule has 1 saturated heterocycles. The van der Waals surface area contributed by atoms with Gasteiger partial charge in [0.15, 0.2) is 0 Å². The van der Waals surface area contributed by atoms with Gasteiger partial charge in [0.25, 0.3) is 5.91 Å². The van der Waals surface area contributed by atoms with E-state index in [0.29, 0.717) is 22.3 Å². The Morgan fingerprint density at radius 3 is 2.48 bits per heavy atom. The van der Waals surface area contributed by atoms with Crippen LogP contribution in [0, 0.1) is 0 Å². The SMILES string of the molecule is O=C1C[C@H](NCc2ccc(Cl)c(Cl)c2)C(=O)N1c1ccccc1. The van der Waals surface area contributed by atoms with Crippen LogP contribution in [0.5, 0.6) is 0 Å². The van der Waals surface area contributed by atoms with E-state index in [4.69, 9.17) is 23.2 Å². The average molecular weight is 349 g/mol. The number of carbonyl (C=O) groups is 2. The molecular weight excluding hydrogens is 335 g/mol. The summed E-state index contributed by atoms with van der Waals surface area (Å²) in [4.78, 5) is 25.8. The van der Waals surface area contributed by atoms with E-state index in [1.165, 1.54) is 4.90 Å². The summed E-state index contributed by atoms with van der Waals surface area (Å²) in [5.41, 5.74) is 1.50. The van der Waals surface area contributed by atoms with Crippen molar-refractivity contribution in [2.45, 2.75) is 19.0 Å². The van der Waals surface area contributed by atoms with Gasteiger partial charge >= 0.3 is 0 Å². The van der Waals surface area contributed by atoms with E-state index >= 15 is 0 Å². The Morgan fingerprint density at radius 1 is 1.04 bits per heavy atom. The number of carbonyl (C=O) groups excluding carboxylic acids is 2. The summed E-state index contributed by atoms with van der Waals surface area (Å²) in [7, 11) is 0. The standard InChI is InChI=1S/C17H14Cl2N2O2/c18-13-7-6-11(8-14(13)19)10-20-15-9-16(22)21(17(15)23)12-4-2-1-3-5-12/h1-8,15,20H,9-10H2/t15-/m0/s1. The second-order valence-corrected chi connectivity index (χ2v) is 6.10. The zero-order valence-corrected chi connectivity index (χ0v) is 13.6. The summed E-state index contributed by atoms with van der Waals surface area (Å²) in [5, 5.41) is 4.06. The molecule has 1 fully saturated rings. The highest BCUT2D eigenvalue weighted by molar-refractivity contribution is 6.42. The summed E-state index contributed by atoms with van der Waals surface area (Å²) >= 11 is 11.9. The molecule has 0 unspecified atom stereocenters. The van der Waals surface area contributed by atoms with Gasteiger partial charge in [-0.25, -0.2) is 4.90 Å². The molecule has 0 aliphatic carbocycles. The van der Waals surface area contributed by atoms with Crippen molar-refractivity contribution in [3.63, 3.8) is 0 Å². The molecule has 0 saturated carbocycles. The first-order valence-electron chi connectivity index (χ1n) is 7.15. The van der Waals surface area contributed by atoms with Crippen LogP contribution in [0.15, 0.2) is 48.5 Å². The van der Waals surface area contributed by atoms with Gasteiger partial charge in [-0.1, -0.05) is 47.5 Å². The highest BCUT2D eigenvalue weighted by atomic mass is 35.5. The van der Waals surface area contributed by atoms with Crippen molar-refractivity contribution in [1.82, 2.24) is 5.32 Å². The van der Waals surface area contributed by atoms with E-state index in [0.717, 1.165) is 5.56 Å². The summed E-state index contributed by atoms with van der Waals surface area (Å²) in [6, 6.07) is 13.7. The van der Waals surface area contributed by atoms with Crippen molar-refractivity contribution in [3.8, 4) is 0 Å². The molecule has 4 nitrogen and oxygen atoms in total. The number of anilines is 1. The summed E-state index contributed by atoms with van der Waals surface area (Å²) in [5.74, 6) is -0.436. The third-order valence-electron chi connectivity index (χ3n) is 3.70. The highest BCUT2D eigenvalue weighted by Gasteiger charge is 2.39. The lowest BCUT2D eigenvalue weighted by molar-refractivity contribution is -0.121. The van der Waals surface area contributed by atoms with Gasteiger partial charge in [-0.15, -0.1) is 0 Å². The van der Waals surface area contributed by atoms with Crippen molar-refractivity contribution in [3.05, 3.63) is 64.1 Å². The minimum atomic E-state index is -0.530. The molecule has 2 amide bonds. The number of para-hydroxylation sites is 1. The van der Waals surface area contributed by atoms with Crippen LogP contribution in [-0.2, 0) is 16.1 Å². The molecule has 0 bridgehead atoms. The number of nitrogens with one attached hydrogen (secondary N) is 1. The van der Waals surface area contributed by atoms with E-state index in [1.807, 2.05) is 12.1 Å². The molecule has 118 valence electrons. The van der Waals surface area contributed by atoms with Crippen LogP contribution < -0.4 is 10.2 Å². The Morgan fingerprint density at radius 2 is 1.78 bits per heavy atom. The van der Waals surface area contributed by atoms with Crippen LogP contribution in [0.1, 0.15) is 12.0 Å². The monoisotopic (exact) mass is 348 g/mol. The van der Waals surface area contributed by atoms with Crippen LogP contribution in [-0.4, -0.2) is 17.9 Å². The van der Waals surface area contributed by atoms with Crippen LogP contribution in [0.4, 0.5) is 5.69 Å². The molecule has 2 aromatic carbocycles. The number of amides is 2. The van der Waals surface area contributed by atoms with E-state index in [2.05, 4.69) is 5.32 Å². The van der Waals surface area contributed by atoms with E-state index in [1.54, 1.807) is 36.4 Å². The number of benzene rings is 2. The van der Waals surface area contributed by atoms with Crippen molar-refractivity contribution < 1.29 is 9.59 Å². The average Bonchev–Trinajstić information content (AvgIpc) is 2.83. The second-order valence-electron chi connectivity index (χ2n) is 5.29. The molecule has 1 atom stereocenters. The van der Waals surface area contributed by atoms with Gasteiger partial charge in [-0.3, -0.25) is 9.59 Å². The molecule has 2 aromatic rings. The Hall–Kier alpha value is -1.88. The van der Waals surface area contributed by atoms with Crippen LogP contribution >= 0.6 is 23.2 Å². The maximum atomic E-state index is 12.5. The molecule has 0 aromatic heterocycles. The quantitative estimate of drug-likeness (QED) is 0.861. The largest absolute Gasteiger partial charge is 0.301 e. The zero-order valence-electron chi connectivity index (χ0n) is 12.1. The lowest BCUT2D eigenvalue weighted by Gasteiger charge is -2.15. The van der Waals surface area contributed by atoms with Crippen molar-refractivity contribution in [2.75, 3.05) is 4.90 Å². The van der Waals surface area contributed by atoms with Crippen LogP contribution in [0.2, 0.25) is 10.0 Å². The number of halogens is 2. The Bertz CT molecular complexity index is 750. The maximum Gasteiger partial charge on any atom is 0.251 e. The predicted octanol–water partition coefficient (Wildman–Crippen LogP) is 3.42. The third kappa shape index (κ3) is 3.39.